The van der Waals surface area contributed by atoms with Gasteiger partial charge in [0.2, 0.25) is 11.8 Å². The summed E-state index contributed by atoms with van der Waals surface area (Å²) in [5.74, 6) is -1.05. The monoisotopic (exact) mass is 417 g/mol. The van der Waals surface area contributed by atoms with Crippen molar-refractivity contribution in [1.82, 2.24) is 4.90 Å². The van der Waals surface area contributed by atoms with Gasteiger partial charge in [-0.15, -0.1) is 0 Å². The number of nitrogens with zero attached hydrogens (tertiary/aromatic N) is 2. The third kappa shape index (κ3) is 4.73. The third-order valence-corrected chi connectivity index (χ3v) is 4.67. The molecule has 9 heteroatoms. The highest BCUT2D eigenvalue weighted by atomic mass is 19.3. The summed E-state index contributed by atoms with van der Waals surface area (Å²) in [5.41, 5.74) is 1.33. The minimum absolute atomic E-state index is 0.0626. The van der Waals surface area contributed by atoms with Crippen LogP contribution < -0.4 is 15.0 Å². The number of ether oxygens (including phenoxy) is 1. The molecule has 0 fully saturated rings. The van der Waals surface area contributed by atoms with E-state index < -0.39 is 18.6 Å². The molecule has 1 unspecified atom stereocenters. The van der Waals surface area contributed by atoms with E-state index >= 15 is 0 Å². The number of halogens is 2. The lowest BCUT2D eigenvalue weighted by molar-refractivity contribution is -0.119. The van der Waals surface area contributed by atoms with E-state index in [1.54, 1.807) is 31.2 Å². The predicted molar refractivity (Wildman–Crippen MR) is 107 cm³/mol. The van der Waals surface area contributed by atoms with Gasteiger partial charge in [-0.2, -0.15) is 8.78 Å². The second-order valence-corrected chi connectivity index (χ2v) is 6.95. The first-order valence-electron chi connectivity index (χ1n) is 9.27. The Balaban J connectivity index is 1.74. The number of amides is 3. The SMILES string of the molecule is CC1CC(=O)Nc2ccccc2N1C(=O)CN(C)C(=O)c1ccc(OC(F)F)cc1. The van der Waals surface area contributed by atoms with Crippen LogP contribution in [0, 0.1) is 0 Å². The Bertz CT molecular complexity index is 950. The molecule has 0 radical (unpaired) electrons. The van der Waals surface area contributed by atoms with Gasteiger partial charge in [-0.1, -0.05) is 12.1 Å². The summed E-state index contributed by atoms with van der Waals surface area (Å²) in [6.07, 6.45) is 0.129. The first-order chi connectivity index (χ1) is 14.3. The van der Waals surface area contributed by atoms with E-state index in [4.69, 9.17) is 0 Å². The van der Waals surface area contributed by atoms with Crippen molar-refractivity contribution in [2.24, 2.45) is 0 Å². The average Bonchev–Trinajstić information content (AvgIpc) is 2.81. The summed E-state index contributed by atoms with van der Waals surface area (Å²) in [6, 6.07) is 11.8. The molecular formula is C21H21F2N3O4. The van der Waals surface area contributed by atoms with Crippen LogP contribution in [0.5, 0.6) is 5.75 Å². The molecule has 0 saturated heterocycles. The van der Waals surface area contributed by atoms with E-state index in [9.17, 15) is 23.2 Å². The van der Waals surface area contributed by atoms with Crippen molar-refractivity contribution in [3.8, 4) is 5.75 Å². The van der Waals surface area contributed by atoms with Crippen molar-refractivity contribution in [3.63, 3.8) is 0 Å². The van der Waals surface area contributed by atoms with Gasteiger partial charge in [-0.3, -0.25) is 14.4 Å². The molecule has 0 saturated carbocycles. The maximum absolute atomic E-state index is 13.0. The van der Waals surface area contributed by atoms with E-state index in [1.165, 1.54) is 41.1 Å². The summed E-state index contributed by atoms with van der Waals surface area (Å²) < 4.78 is 28.8. The lowest BCUT2D eigenvalue weighted by atomic mass is 10.1. The van der Waals surface area contributed by atoms with Crippen LogP contribution in [0.25, 0.3) is 0 Å². The number of anilines is 2. The van der Waals surface area contributed by atoms with Gasteiger partial charge in [0.25, 0.3) is 5.91 Å². The summed E-state index contributed by atoms with van der Waals surface area (Å²) >= 11 is 0. The first-order valence-corrected chi connectivity index (χ1v) is 9.27. The third-order valence-electron chi connectivity index (χ3n) is 4.67. The number of nitrogens with one attached hydrogen (secondary N) is 1. The second kappa shape index (κ2) is 8.89. The zero-order valence-corrected chi connectivity index (χ0v) is 16.5. The molecule has 1 atom stereocenters. The van der Waals surface area contributed by atoms with E-state index in [0.29, 0.717) is 11.4 Å². The molecule has 1 aliphatic heterocycles. The van der Waals surface area contributed by atoms with Crippen LogP contribution in [0.15, 0.2) is 48.5 Å². The Labute approximate surface area is 172 Å². The number of likely N-dealkylation sites (N-methyl/N-ethyl adjacent to an activating group) is 1. The van der Waals surface area contributed by atoms with Gasteiger partial charge >= 0.3 is 6.61 Å². The van der Waals surface area contributed by atoms with Crippen LogP contribution in [0.2, 0.25) is 0 Å². The van der Waals surface area contributed by atoms with Gasteiger partial charge in [-0.05, 0) is 43.3 Å². The number of para-hydroxylation sites is 2. The normalized spacial score (nSPS) is 15.8. The number of hydrogen-bond acceptors (Lipinski definition) is 4. The summed E-state index contributed by atoms with van der Waals surface area (Å²) in [7, 11) is 1.47. The Morgan fingerprint density at radius 2 is 1.87 bits per heavy atom. The number of carbonyl (C=O) groups is 3. The first kappa shape index (κ1) is 21.2. The van der Waals surface area contributed by atoms with Gasteiger partial charge in [0.05, 0.1) is 11.4 Å². The van der Waals surface area contributed by atoms with Gasteiger partial charge in [-0.25, -0.2) is 0 Å². The summed E-state index contributed by atoms with van der Waals surface area (Å²) in [4.78, 5) is 40.5. The minimum Gasteiger partial charge on any atom is -0.435 e. The zero-order valence-electron chi connectivity index (χ0n) is 16.5. The highest BCUT2D eigenvalue weighted by Gasteiger charge is 2.30. The number of carbonyl (C=O) groups excluding carboxylic acids is 3. The molecule has 1 N–H and O–H groups in total. The van der Waals surface area contributed by atoms with Crippen LogP contribution in [-0.2, 0) is 9.59 Å². The molecular weight excluding hydrogens is 396 g/mol. The quantitative estimate of drug-likeness (QED) is 0.811. The number of alkyl halides is 2. The molecule has 30 heavy (non-hydrogen) atoms. The van der Waals surface area contributed by atoms with E-state index in [1.807, 2.05) is 0 Å². The molecule has 1 heterocycles. The number of fused-ring (bicyclic) bond motifs is 1. The van der Waals surface area contributed by atoms with E-state index in [2.05, 4.69) is 10.1 Å². The van der Waals surface area contributed by atoms with Gasteiger partial charge < -0.3 is 19.9 Å². The van der Waals surface area contributed by atoms with Crippen molar-refractivity contribution < 1.29 is 27.9 Å². The topological polar surface area (TPSA) is 79.0 Å². The molecule has 1 aliphatic rings. The van der Waals surface area contributed by atoms with Gasteiger partial charge in [0.15, 0.2) is 0 Å². The van der Waals surface area contributed by atoms with Gasteiger partial charge in [0.1, 0.15) is 12.3 Å². The maximum Gasteiger partial charge on any atom is 0.387 e. The second-order valence-electron chi connectivity index (χ2n) is 6.95. The van der Waals surface area contributed by atoms with Crippen molar-refractivity contribution in [2.75, 3.05) is 23.8 Å². The summed E-state index contributed by atoms with van der Waals surface area (Å²) in [6.45, 7) is -1.41. The zero-order chi connectivity index (χ0) is 21.8. The lowest BCUT2D eigenvalue weighted by Gasteiger charge is -2.29. The Kier molecular flexibility index (Phi) is 6.29. The van der Waals surface area contributed by atoms with Crippen LogP contribution in [-0.4, -0.2) is 48.9 Å². The van der Waals surface area contributed by atoms with Crippen LogP contribution in [0.4, 0.5) is 20.2 Å². The molecule has 0 bridgehead atoms. The lowest BCUT2D eigenvalue weighted by Crippen LogP contribution is -2.45. The van der Waals surface area contributed by atoms with Crippen molar-refractivity contribution in [1.29, 1.82) is 0 Å². The van der Waals surface area contributed by atoms with E-state index in [-0.39, 0.29) is 36.1 Å². The Morgan fingerprint density at radius 1 is 1.20 bits per heavy atom. The van der Waals surface area contributed by atoms with Crippen LogP contribution in [0.3, 0.4) is 0 Å². The molecule has 2 aromatic rings. The number of benzene rings is 2. The smallest absolute Gasteiger partial charge is 0.387 e. The van der Waals surface area contributed by atoms with Crippen LogP contribution in [0.1, 0.15) is 23.7 Å². The molecule has 3 rings (SSSR count). The van der Waals surface area contributed by atoms with Crippen molar-refractivity contribution >= 4 is 29.1 Å². The van der Waals surface area contributed by atoms with Gasteiger partial charge in [0, 0.05) is 25.1 Å². The Hall–Kier alpha value is -3.49. The molecule has 0 aromatic heterocycles. The van der Waals surface area contributed by atoms with Crippen molar-refractivity contribution in [3.05, 3.63) is 54.1 Å². The molecule has 158 valence electrons. The molecule has 0 aliphatic carbocycles. The molecule has 7 nitrogen and oxygen atoms in total. The van der Waals surface area contributed by atoms with Crippen LogP contribution >= 0.6 is 0 Å². The molecule has 3 amide bonds. The van der Waals surface area contributed by atoms with Crippen molar-refractivity contribution in [2.45, 2.75) is 26.0 Å². The van der Waals surface area contributed by atoms with E-state index in [0.717, 1.165) is 0 Å². The number of rotatable bonds is 5. The number of hydrogen-bond donors (Lipinski definition) is 1. The largest absolute Gasteiger partial charge is 0.435 e. The fraction of sp³-hybridized carbons (Fsp3) is 0.286. The summed E-state index contributed by atoms with van der Waals surface area (Å²) in [5, 5.41) is 2.78. The Morgan fingerprint density at radius 3 is 2.53 bits per heavy atom. The molecule has 2 aromatic carbocycles. The standard InChI is InChI=1S/C21H21F2N3O4/c1-13-11-18(27)24-16-5-3-4-6-17(16)26(13)19(28)12-25(2)20(29)14-7-9-15(10-8-14)30-21(22)23/h3-10,13,21H,11-12H2,1-2H3,(H,24,27). The fourth-order valence-electron chi connectivity index (χ4n) is 3.32. The maximum atomic E-state index is 13.0. The highest BCUT2D eigenvalue weighted by Crippen LogP contribution is 2.31. The average molecular weight is 417 g/mol. The highest BCUT2D eigenvalue weighted by molar-refractivity contribution is 6.06. The molecule has 0 spiro atoms. The minimum atomic E-state index is -2.95. The predicted octanol–water partition coefficient (Wildman–Crippen LogP) is 3.12. The fourth-order valence-corrected chi connectivity index (χ4v) is 3.32.